The second-order valence-electron chi connectivity index (χ2n) is 4.72. The number of hydrogen-bond acceptors (Lipinski definition) is 2. The first-order valence-electron chi connectivity index (χ1n) is 6.06. The van der Waals surface area contributed by atoms with Crippen LogP contribution in [0.5, 0.6) is 0 Å². The minimum atomic E-state index is 0.0109. The first-order valence-corrected chi connectivity index (χ1v) is 6.06. The molecule has 0 radical (unpaired) electrons. The molecular weight excluding hydrogens is 216 g/mol. The summed E-state index contributed by atoms with van der Waals surface area (Å²) in [6.45, 7) is 7.78. The van der Waals surface area contributed by atoms with Crippen LogP contribution in [0.4, 0.5) is 4.79 Å². The van der Waals surface area contributed by atoms with Crippen molar-refractivity contribution in [3.63, 3.8) is 0 Å². The van der Waals surface area contributed by atoms with Crippen molar-refractivity contribution in [2.75, 3.05) is 13.1 Å². The van der Waals surface area contributed by atoms with E-state index in [9.17, 15) is 4.79 Å². The summed E-state index contributed by atoms with van der Waals surface area (Å²) in [5.41, 5.74) is 3.22. The van der Waals surface area contributed by atoms with Crippen molar-refractivity contribution in [3.05, 3.63) is 17.0 Å². The van der Waals surface area contributed by atoms with Crippen LogP contribution in [0.15, 0.2) is 0 Å². The Hall–Kier alpha value is -1.52. The standard InChI is InChI=1S/C12H20N4O/c1-8(13-12(17)16-6-5-7-16)11-9(2)14-15(4)10(11)3/h8H,5-7H2,1-4H3,(H,13,17). The highest BCUT2D eigenvalue weighted by Crippen LogP contribution is 2.21. The molecule has 0 bridgehead atoms. The highest BCUT2D eigenvalue weighted by Gasteiger charge is 2.24. The molecule has 1 aliphatic heterocycles. The van der Waals surface area contributed by atoms with E-state index in [0.29, 0.717) is 0 Å². The summed E-state index contributed by atoms with van der Waals surface area (Å²) in [7, 11) is 1.93. The normalized spacial score (nSPS) is 16.6. The van der Waals surface area contributed by atoms with Crippen molar-refractivity contribution in [2.45, 2.75) is 33.2 Å². The Labute approximate surface area is 102 Å². The number of carbonyl (C=O) groups excluding carboxylic acids is 1. The van der Waals surface area contributed by atoms with E-state index in [-0.39, 0.29) is 12.1 Å². The summed E-state index contributed by atoms with van der Waals surface area (Å²) in [6, 6.07) is 0.0446. The number of amides is 2. The van der Waals surface area contributed by atoms with Gasteiger partial charge in [0.2, 0.25) is 0 Å². The number of aromatic nitrogens is 2. The zero-order valence-electron chi connectivity index (χ0n) is 10.9. The van der Waals surface area contributed by atoms with Gasteiger partial charge in [-0.15, -0.1) is 0 Å². The van der Waals surface area contributed by atoms with Crippen LogP contribution in [-0.2, 0) is 7.05 Å². The van der Waals surface area contributed by atoms with Crippen LogP contribution in [-0.4, -0.2) is 33.8 Å². The predicted molar refractivity (Wildman–Crippen MR) is 65.8 cm³/mol. The fourth-order valence-electron chi connectivity index (χ4n) is 2.28. The van der Waals surface area contributed by atoms with Crippen LogP contribution in [0.2, 0.25) is 0 Å². The number of urea groups is 1. The second-order valence-corrected chi connectivity index (χ2v) is 4.72. The van der Waals surface area contributed by atoms with Gasteiger partial charge < -0.3 is 10.2 Å². The number of likely N-dealkylation sites (tertiary alicyclic amines) is 1. The molecule has 0 aromatic carbocycles. The molecular formula is C12H20N4O. The number of nitrogens with zero attached hydrogens (tertiary/aromatic N) is 3. The number of hydrogen-bond donors (Lipinski definition) is 1. The summed E-state index contributed by atoms with van der Waals surface area (Å²) in [5.74, 6) is 0. The van der Waals surface area contributed by atoms with Crippen molar-refractivity contribution >= 4 is 6.03 Å². The summed E-state index contributed by atoms with van der Waals surface area (Å²) in [4.78, 5) is 13.7. The van der Waals surface area contributed by atoms with Gasteiger partial charge in [0.25, 0.3) is 0 Å². The monoisotopic (exact) mass is 236 g/mol. The third kappa shape index (κ3) is 2.14. The first-order chi connectivity index (χ1) is 8.00. The quantitative estimate of drug-likeness (QED) is 0.846. The summed E-state index contributed by atoms with van der Waals surface area (Å²) in [5, 5.41) is 7.40. The summed E-state index contributed by atoms with van der Waals surface area (Å²) >= 11 is 0. The van der Waals surface area contributed by atoms with Gasteiger partial charge in [0.15, 0.2) is 0 Å². The van der Waals surface area contributed by atoms with Crippen LogP contribution >= 0.6 is 0 Å². The van der Waals surface area contributed by atoms with E-state index in [0.717, 1.165) is 36.5 Å². The molecule has 1 aromatic rings. The van der Waals surface area contributed by atoms with E-state index < -0.39 is 0 Å². The number of nitrogens with one attached hydrogen (secondary N) is 1. The van der Waals surface area contributed by atoms with Crippen molar-refractivity contribution < 1.29 is 4.79 Å². The van der Waals surface area contributed by atoms with E-state index in [1.54, 1.807) is 0 Å². The lowest BCUT2D eigenvalue weighted by molar-refractivity contribution is 0.164. The molecule has 5 heteroatoms. The fraction of sp³-hybridized carbons (Fsp3) is 0.667. The van der Waals surface area contributed by atoms with Gasteiger partial charge in [-0.05, 0) is 27.2 Å². The van der Waals surface area contributed by atoms with Crippen LogP contribution in [0.3, 0.4) is 0 Å². The van der Waals surface area contributed by atoms with E-state index in [1.165, 1.54) is 0 Å². The minimum Gasteiger partial charge on any atom is -0.331 e. The molecule has 0 saturated carbocycles. The highest BCUT2D eigenvalue weighted by atomic mass is 16.2. The molecule has 1 aromatic heterocycles. The Balaban J connectivity index is 2.08. The molecule has 1 unspecified atom stereocenters. The van der Waals surface area contributed by atoms with Gasteiger partial charge in [0.05, 0.1) is 11.7 Å². The van der Waals surface area contributed by atoms with Crippen LogP contribution in [0, 0.1) is 13.8 Å². The topological polar surface area (TPSA) is 50.2 Å². The molecule has 94 valence electrons. The number of rotatable bonds is 2. The van der Waals surface area contributed by atoms with Crippen LogP contribution < -0.4 is 5.32 Å². The van der Waals surface area contributed by atoms with Gasteiger partial charge >= 0.3 is 6.03 Å². The maximum atomic E-state index is 11.8. The Kier molecular flexibility index (Phi) is 3.09. The van der Waals surface area contributed by atoms with E-state index in [2.05, 4.69) is 10.4 Å². The molecule has 1 atom stereocenters. The van der Waals surface area contributed by atoms with Crippen molar-refractivity contribution in [2.24, 2.45) is 7.05 Å². The molecule has 2 rings (SSSR count). The lowest BCUT2D eigenvalue weighted by Crippen LogP contribution is -2.48. The average molecular weight is 236 g/mol. The molecule has 1 fully saturated rings. The van der Waals surface area contributed by atoms with Gasteiger partial charge in [-0.1, -0.05) is 0 Å². The molecule has 0 spiro atoms. The molecule has 5 nitrogen and oxygen atoms in total. The Morgan fingerprint density at radius 2 is 2.06 bits per heavy atom. The maximum absolute atomic E-state index is 11.8. The SMILES string of the molecule is Cc1nn(C)c(C)c1C(C)NC(=O)N1CCC1. The third-order valence-electron chi connectivity index (χ3n) is 3.48. The lowest BCUT2D eigenvalue weighted by atomic mass is 10.1. The zero-order chi connectivity index (χ0) is 12.6. The van der Waals surface area contributed by atoms with E-state index in [1.807, 2.05) is 37.4 Å². The average Bonchev–Trinajstić information content (AvgIpc) is 2.37. The smallest absolute Gasteiger partial charge is 0.317 e. The Bertz CT molecular complexity index is 434. The third-order valence-corrected chi connectivity index (χ3v) is 3.48. The number of carbonyl (C=O) groups is 1. The first kappa shape index (κ1) is 12.0. The molecule has 1 saturated heterocycles. The molecule has 1 N–H and O–H groups in total. The van der Waals surface area contributed by atoms with Gasteiger partial charge in [-0.2, -0.15) is 5.10 Å². The minimum absolute atomic E-state index is 0.0109. The highest BCUT2D eigenvalue weighted by molar-refractivity contribution is 5.75. The molecule has 1 aliphatic rings. The fourth-order valence-corrected chi connectivity index (χ4v) is 2.28. The van der Waals surface area contributed by atoms with Gasteiger partial charge in [-0.25, -0.2) is 4.79 Å². The molecule has 0 aliphatic carbocycles. The van der Waals surface area contributed by atoms with Crippen molar-refractivity contribution in [3.8, 4) is 0 Å². The van der Waals surface area contributed by atoms with E-state index >= 15 is 0 Å². The summed E-state index contributed by atoms with van der Waals surface area (Å²) in [6.07, 6.45) is 1.12. The van der Waals surface area contributed by atoms with Crippen LogP contribution in [0.1, 0.15) is 36.3 Å². The second kappa shape index (κ2) is 4.39. The lowest BCUT2D eigenvalue weighted by Gasteiger charge is -2.32. The maximum Gasteiger partial charge on any atom is 0.317 e. The molecule has 17 heavy (non-hydrogen) atoms. The summed E-state index contributed by atoms with van der Waals surface area (Å²) < 4.78 is 1.86. The largest absolute Gasteiger partial charge is 0.331 e. The Morgan fingerprint density at radius 3 is 2.47 bits per heavy atom. The van der Waals surface area contributed by atoms with Gasteiger partial charge in [-0.3, -0.25) is 4.68 Å². The molecule has 2 heterocycles. The van der Waals surface area contributed by atoms with Gasteiger partial charge in [0, 0.05) is 31.4 Å². The van der Waals surface area contributed by atoms with Crippen LogP contribution in [0.25, 0.3) is 0 Å². The zero-order valence-corrected chi connectivity index (χ0v) is 10.9. The van der Waals surface area contributed by atoms with Crippen molar-refractivity contribution in [1.82, 2.24) is 20.0 Å². The van der Waals surface area contributed by atoms with Gasteiger partial charge in [0.1, 0.15) is 0 Å². The molecule has 2 amide bonds. The predicted octanol–water partition coefficient (Wildman–Crippen LogP) is 1.51. The number of aryl methyl sites for hydroxylation is 2. The van der Waals surface area contributed by atoms with E-state index in [4.69, 9.17) is 0 Å². The van der Waals surface area contributed by atoms with Crippen molar-refractivity contribution in [1.29, 1.82) is 0 Å². The Morgan fingerprint density at radius 1 is 1.41 bits per heavy atom.